The van der Waals surface area contributed by atoms with Crippen LogP contribution in [0.3, 0.4) is 0 Å². The molecule has 0 spiro atoms. The fraction of sp³-hybridized carbons (Fsp3) is 0.385. The Hall–Kier alpha value is -1.26. The quantitative estimate of drug-likeness (QED) is 0.821. The lowest BCUT2D eigenvalue weighted by atomic mass is 10.1. The second kappa shape index (κ2) is 5.39. The molecule has 1 saturated carbocycles. The molecule has 0 heterocycles. The standard InChI is InChI=1S/C13H13Cl2NO3/c14-9-2-1-8(10(15)7-9)3-6-16-11(17)13(4-5-13)12(18)19/h1-2,7H,3-6H2,(H,16,17)(H,18,19). The first-order valence-electron chi connectivity index (χ1n) is 5.91. The van der Waals surface area contributed by atoms with Crippen LogP contribution in [0.1, 0.15) is 18.4 Å². The minimum atomic E-state index is -1.19. The number of nitrogens with one attached hydrogen (secondary N) is 1. The Labute approximate surface area is 120 Å². The summed E-state index contributed by atoms with van der Waals surface area (Å²) >= 11 is 11.8. The number of aliphatic carboxylic acids is 1. The van der Waals surface area contributed by atoms with Gasteiger partial charge >= 0.3 is 5.97 Å². The van der Waals surface area contributed by atoms with Crippen molar-refractivity contribution < 1.29 is 14.7 Å². The average molecular weight is 302 g/mol. The fourth-order valence-electron chi connectivity index (χ4n) is 1.87. The van der Waals surface area contributed by atoms with Crippen molar-refractivity contribution in [2.75, 3.05) is 6.54 Å². The van der Waals surface area contributed by atoms with E-state index in [4.69, 9.17) is 28.3 Å². The van der Waals surface area contributed by atoms with Crippen molar-refractivity contribution in [2.24, 2.45) is 5.41 Å². The molecule has 1 aliphatic rings. The van der Waals surface area contributed by atoms with E-state index in [1.807, 2.05) is 0 Å². The zero-order chi connectivity index (χ0) is 14.0. The zero-order valence-electron chi connectivity index (χ0n) is 10.1. The third kappa shape index (κ3) is 3.01. The predicted molar refractivity (Wildman–Crippen MR) is 72.5 cm³/mol. The number of carbonyl (C=O) groups is 2. The van der Waals surface area contributed by atoms with E-state index in [0.717, 1.165) is 5.56 Å². The summed E-state index contributed by atoms with van der Waals surface area (Å²) in [6.45, 7) is 0.356. The van der Waals surface area contributed by atoms with Gasteiger partial charge < -0.3 is 10.4 Å². The van der Waals surface area contributed by atoms with Crippen molar-refractivity contribution in [3.05, 3.63) is 33.8 Å². The maximum Gasteiger partial charge on any atom is 0.319 e. The number of rotatable bonds is 5. The SMILES string of the molecule is O=C(O)C1(C(=O)NCCc2ccc(Cl)cc2Cl)CC1. The van der Waals surface area contributed by atoms with Gasteiger partial charge in [0.25, 0.3) is 0 Å². The number of carboxylic acid groups (broad SMARTS) is 1. The molecule has 1 amide bonds. The number of benzene rings is 1. The molecule has 0 aromatic heterocycles. The van der Waals surface area contributed by atoms with Crippen molar-refractivity contribution in [1.29, 1.82) is 0 Å². The van der Waals surface area contributed by atoms with Crippen LogP contribution in [0, 0.1) is 5.41 Å². The van der Waals surface area contributed by atoms with Crippen LogP contribution < -0.4 is 5.32 Å². The topological polar surface area (TPSA) is 66.4 Å². The van der Waals surface area contributed by atoms with Gasteiger partial charge in [-0.25, -0.2) is 0 Å². The van der Waals surface area contributed by atoms with Crippen LogP contribution in [0.5, 0.6) is 0 Å². The normalized spacial score (nSPS) is 15.9. The molecule has 0 unspecified atom stereocenters. The zero-order valence-corrected chi connectivity index (χ0v) is 11.6. The molecule has 0 aliphatic heterocycles. The van der Waals surface area contributed by atoms with Gasteiger partial charge in [-0.05, 0) is 37.0 Å². The third-order valence-electron chi connectivity index (χ3n) is 3.29. The van der Waals surface area contributed by atoms with E-state index in [0.29, 0.717) is 35.9 Å². The van der Waals surface area contributed by atoms with Crippen molar-refractivity contribution in [3.63, 3.8) is 0 Å². The maximum absolute atomic E-state index is 11.8. The highest BCUT2D eigenvalue weighted by Crippen LogP contribution is 2.46. The minimum Gasteiger partial charge on any atom is -0.480 e. The van der Waals surface area contributed by atoms with Gasteiger partial charge in [0.15, 0.2) is 0 Å². The first-order valence-corrected chi connectivity index (χ1v) is 6.67. The van der Waals surface area contributed by atoms with Gasteiger partial charge in [-0.15, -0.1) is 0 Å². The fourth-order valence-corrected chi connectivity index (χ4v) is 2.37. The van der Waals surface area contributed by atoms with Gasteiger partial charge in [-0.2, -0.15) is 0 Å². The first-order chi connectivity index (χ1) is 8.95. The monoisotopic (exact) mass is 301 g/mol. The number of carboxylic acids is 1. The summed E-state index contributed by atoms with van der Waals surface area (Å²) < 4.78 is 0. The molecule has 2 N–H and O–H groups in total. The molecule has 0 radical (unpaired) electrons. The van der Waals surface area contributed by atoms with E-state index in [1.54, 1.807) is 18.2 Å². The molecular weight excluding hydrogens is 289 g/mol. The summed E-state index contributed by atoms with van der Waals surface area (Å²) in [7, 11) is 0. The van der Waals surface area contributed by atoms with Gasteiger partial charge in [0, 0.05) is 16.6 Å². The summed E-state index contributed by atoms with van der Waals surface area (Å²) in [5.74, 6) is -1.46. The lowest BCUT2D eigenvalue weighted by molar-refractivity contribution is -0.149. The van der Waals surface area contributed by atoms with Crippen molar-refractivity contribution in [2.45, 2.75) is 19.3 Å². The van der Waals surface area contributed by atoms with Crippen LogP contribution in [0.15, 0.2) is 18.2 Å². The summed E-state index contributed by atoms with van der Waals surface area (Å²) in [5, 5.41) is 12.7. The highest BCUT2D eigenvalue weighted by atomic mass is 35.5. The highest BCUT2D eigenvalue weighted by molar-refractivity contribution is 6.35. The third-order valence-corrected chi connectivity index (χ3v) is 3.88. The molecule has 6 heteroatoms. The summed E-state index contributed by atoms with van der Waals surface area (Å²) in [6.07, 6.45) is 1.36. The Kier molecular flexibility index (Phi) is 4.02. The molecule has 0 atom stereocenters. The summed E-state index contributed by atoms with van der Waals surface area (Å²) in [4.78, 5) is 22.7. The van der Waals surface area contributed by atoms with Crippen molar-refractivity contribution in [3.8, 4) is 0 Å². The molecule has 19 heavy (non-hydrogen) atoms. The van der Waals surface area contributed by atoms with Gasteiger partial charge in [0.05, 0.1) is 0 Å². The number of hydrogen-bond acceptors (Lipinski definition) is 2. The van der Waals surface area contributed by atoms with Crippen molar-refractivity contribution >= 4 is 35.1 Å². The van der Waals surface area contributed by atoms with E-state index < -0.39 is 17.3 Å². The summed E-state index contributed by atoms with van der Waals surface area (Å²) in [5.41, 5.74) is -0.324. The molecule has 4 nitrogen and oxygen atoms in total. The van der Waals surface area contributed by atoms with Gasteiger partial charge in [0.2, 0.25) is 5.91 Å². The van der Waals surface area contributed by atoms with Crippen LogP contribution in [-0.4, -0.2) is 23.5 Å². The Morgan fingerprint density at radius 3 is 2.53 bits per heavy atom. The van der Waals surface area contributed by atoms with Crippen LogP contribution in [0.4, 0.5) is 0 Å². The molecule has 0 bridgehead atoms. The summed E-state index contributed by atoms with van der Waals surface area (Å²) in [6, 6.07) is 5.16. The number of amides is 1. The first kappa shape index (κ1) is 14.2. The van der Waals surface area contributed by atoms with E-state index in [2.05, 4.69) is 5.32 Å². The molecule has 0 saturated heterocycles. The molecular formula is C13H13Cl2NO3. The van der Waals surface area contributed by atoms with Crippen LogP contribution in [0.2, 0.25) is 10.0 Å². The number of hydrogen-bond donors (Lipinski definition) is 2. The Morgan fingerprint density at radius 1 is 1.32 bits per heavy atom. The lowest BCUT2D eigenvalue weighted by Crippen LogP contribution is -2.37. The number of halogens is 2. The molecule has 1 aromatic carbocycles. The van der Waals surface area contributed by atoms with Crippen LogP contribution in [-0.2, 0) is 16.0 Å². The van der Waals surface area contributed by atoms with E-state index in [1.165, 1.54) is 0 Å². The maximum atomic E-state index is 11.8. The van der Waals surface area contributed by atoms with Gasteiger partial charge in [-0.3, -0.25) is 9.59 Å². The van der Waals surface area contributed by atoms with Crippen LogP contribution >= 0.6 is 23.2 Å². The molecule has 1 aromatic rings. The Morgan fingerprint density at radius 2 is 2.00 bits per heavy atom. The largest absolute Gasteiger partial charge is 0.480 e. The molecule has 1 aliphatic carbocycles. The van der Waals surface area contributed by atoms with E-state index >= 15 is 0 Å². The second-order valence-electron chi connectivity index (χ2n) is 4.63. The molecule has 102 valence electrons. The molecule has 2 rings (SSSR count). The van der Waals surface area contributed by atoms with Crippen molar-refractivity contribution in [1.82, 2.24) is 5.32 Å². The Balaban J connectivity index is 1.87. The van der Waals surface area contributed by atoms with Gasteiger partial charge in [-0.1, -0.05) is 29.3 Å². The second-order valence-corrected chi connectivity index (χ2v) is 5.47. The lowest BCUT2D eigenvalue weighted by Gasteiger charge is -2.11. The highest BCUT2D eigenvalue weighted by Gasteiger charge is 2.56. The molecule has 1 fully saturated rings. The van der Waals surface area contributed by atoms with Gasteiger partial charge in [0.1, 0.15) is 5.41 Å². The number of carbonyl (C=O) groups excluding carboxylic acids is 1. The van der Waals surface area contributed by atoms with Crippen LogP contribution in [0.25, 0.3) is 0 Å². The van der Waals surface area contributed by atoms with E-state index in [9.17, 15) is 9.59 Å². The average Bonchev–Trinajstić information content (AvgIpc) is 3.13. The smallest absolute Gasteiger partial charge is 0.319 e. The minimum absolute atomic E-state index is 0.356. The van der Waals surface area contributed by atoms with E-state index in [-0.39, 0.29) is 0 Å². The Bertz CT molecular complexity index is 527. The predicted octanol–water partition coefficient (Wildman–Crippen LogP) is 2.52.